The quantitative estimate of drug-likeness (QED) is 0.816. The summed E-state index contributed by atoms with van der Waals surface area (Å²) in [5.74, 6) is -0.0608. The lowest BCUT2D eigenvalue weighted by Crippen LogP contribution is -2.52. The highest BCUT2D eigenvalue weighted by molar-refractivity contribution is 5.76. The molecule has 1 aliphatic carbocycles. The molecule has 2 aliphatic rings. The molecule has 1 heterocycles. The Morgan fingerprint density at radius 1 is 1.15 bits per heavy atom. The highest BCUT2D eigenvalue weighted by Gasteiger charge is 2.32. The Morgan fingerprint density at radius 2 is 1.90 bits per heavy atom. The summed E-state index contributed by atoms with van der Waals surface area (Å²) < 4.78 is 0. The molecule has 1 saturated carbocycles. The van der Waals surface area contributed by atoms with E-state index in [0.717, 1.165) is 19.3 Å². The second-order valence-electron chi connectivity index (χ2n) is 6.45. The summed E-state index contributed by atoms with van der Waals surface area (Å²) >= 11 is 0. The molecule has 2 amide bonds. The van der Waals surface area contributed by atoms with E-state index in [4.69, 9.17) is 5.11 Å². The lowest BCUT2D eigenvalue weighted by atomic mass is 9.78. The van der Waals surface area contributed by atoms with E-state index in [9.17, 15) is 9.59 Å². The van der Waals surface area contributed by atoms with Gasteiger partial charge >= 0.3 is 12.0 Å². The van der Waals surface area contributed by atoms with Gasteiger partial charge in [-0.25, -0.2) is 4.79 Å². The zero-order valence-corrected chi connectivity index (χ0v) is 12.5. The number of likely N-dealkylation sites (tertiary alicyclic amines) is 1. The fourth-order valence-electron chi connectivity index (χ4n) is 3.40. The Morgan fingerprint density at radius 3 is 2.60 bits per heavy atom. The predicted molar refractivity (Wildman–Crippen MR) is 76.4 cm³/mol. The Bertz CT molecular complexity index is 372. The smallest absolute Gasteiger partial charge is 0.317 e. The van der Waals surface area contributed by atoms with Crippen LogP contribution in [-0.2, 0) is 4.79 Å². The predicted octanol–water partition coefficient (Wildman–Crippen LogP) is 2.32. The van der Waals surface area contributed by atoms with Crippen LogP contribution in [0.1, 0.15) is 46.0 Å². The SMILES string of the molecule is CC1CCCC(NC(=O)N2CCC[C@H](C(=O)O)C2)C1C. The van der Waals surface area contributed by atoms with Gasteiger partial charge in [0.2, 0.25) is 0 Å². The van der Waals surface area contributed by atoms with E-state index in [1.807, 2.05) is 0 Å². The molecule has 2 N–H and O–H groups in total. The molecule has 0 aromatic carbocycles. The zero-order valence-electron chi connectivity index (χ0n) is 12.5. The summed E-state index contributed by atoms with van der Waals surface area (Å²) in [6.07, 6.45) is 4.89. The van der Waals surface area contributed by atoms with E-state index in [1.165, 1.54) is 6.42 Å². The zero-order chi connectivity index (χ0) is 14.7. The fraction of sp³-hybridized carbons (Fsp3) is 0.867. The third kappa shape index (κ3) is 3.44. The van der Waals surface area contributed by atoms with Crippen molar-refractivity contribution >= 4 is 12.0 Å². The number of hydrogen-bond donors (Lipinski definition) is 2. The first-order valence-electron chi connectivity index (χ1n) is 7.77. The molecule has 5 heteroatoms. The van der Waals surface area contributed by atoms with Gasteiger partial charge in [-0.15, -0.1) is 0 Å². The second kappa shape index (κ2) is 6.46. The Labute approximate surface area is 120 Å². The number of urea groups is 1. The topological polar surface area (TPSA) is 69.6 Å². The third-order valence-electron chi connectivity index (χ3n) is 5.07. The van der Waals surface area contributed by atoms with E-state index in [1.54, 1.807) is 4.90 Å². The molecule has 1 saturated heterocycles. The standard InChI is InChI=1S/C15H26N2O3/c1-10-5-3-7-13(11(10)2)16-15(20)17-8-4-6-12(9-17)14(18)19/h10-13H,3-9H2,1-2H3,(H,16,20)(H,18,19)/t10?,11?,12-,13?/m0/s1. The van der Waals surface area contributed by atoms with Crippen molar-refractivity contribution in [2.45, 2.75) is 52.0 Å². The summed E-state index contributed by atoms with van der Waals surface area (Å²) in [6.45, 7) is 5.46. The first-order chi connectivity index (χ1) is 9.49. The number of carbonyl (C=O) groups excluding carboxylic acids is 1. The van der Waals surface area contributed by atoms with Crippen LogP contribution in [0.15, 0.2) is 0 Å². The molecule has 0 aromatic rings. The highest BCUT2D eigenvalue weighted by atomic mass is 16.4. The van der Waals surface area contributed by atoms with Gasteiger partial charge < -0.3 is 15.3 Å². The minimum Gasteiger partial charge on any atom is -0.481 e. The average molecular weight is 282 g/mol. The number of rotatable bonds is 2. The molecule has 0 bridgehead atoms. The van der Waals surface area contributed by atoms with Gasteiger partial charge in [-0.2, -0.15) is 0 Å². The Hall–Kier alpha value is -1.26. The number of piperidine rings is 1. The van der Waals surface area contributed by atoms with Crippen molar-refractivity contribution in [1.29, 1.82) is 0 Å². The first kappa shape index (κ1) is 15.1. The molecule has 5 nitrogen and oxygen atoms in total. The van der Waals surface area contributed by atoms with Gasteiger partial charge in [0.15, 0.2) is 0 Å². The molecule has 0 spiro atoms. The van der Waals surface area contributed by atoms with Gasteiger partial charge in [-0.1, -0.05) is 26.7 Å². The molecule has 3 unspecified atom stereocenters. The summed E-state index contributed by atoms with van der Waals surface area (Å²) in [4.78, 5) is 25.0. The number of carbonyl (C=O) groups is 2. The Kier molecular flexibility index (Phi) is 4.89. The monoisotopic (exact) mass is 282 g/mol. The molecule has 2 rings (SSSR count). The maximum Gasteiger partial charge on any atom is 0.317 e. The van der Waals surface area contributed by atoms with Crippen LogP contribution in [0.5, 0.6) is 0 Å². The second-order valence-corrected chi connectivity index (χ2v) is 6.45. The molecule has 114 valence electrons. The number of nitrogens with one attached hydrogen (secondary N) is 1. The van der Waals surface area contributed by atoms with Crippen molar-refractivity contribution in [2.75, 3.05) is 13.1 Å². The molecule has 2 fully saturated rings. The first-order valence-corrected chi connectivity index (χ1v) is 7.77. The van der Waals surface area contributed by atoms with Gasteiger partial charge in [0.25, 0.3) is 0 Å². The highest BCUT2D eigenvalue weighted by Crippen LogP contribution is 2.29. The van der Waals surface area contributed by atoms with E-state index in [2.05, 4.69) is 19.2 Å². The van der Waals surface area contributed by atoms with Gasteiger partial charge in [-0.3, -0.25) is 4.79 Å². The summed E-state index contributed by atoms with van der Waals surface area (Å²) in [5, 5.41) is 12.2. The normalized spacial score (nSPS) is 34.6. The van der Waals surface area contributed by atoms with Crippen LogP contribution in [0.4, 0.5) is 4.79 Å². The van der Waals surface area contributed by atoms with Crippen LogP contribution < -0.4 is 5.32 Å². The van der Waals surface area contributed by atoms with Crippen molar-refractivity contribution < 1.29 is 14.7 Å². The number of carboxylic acid groups (broad SMARTS) is 1. The van der Waals surface area contributed by atoms with Crippen LogP contribution in [-0.4, -0.2) is 41.1 Å². The van der Waals surface area contributed by atoms with Crippen molar-refractivity contribution in [3.8, 4) is 0 Å². The van der Waals surface area contributed by atoms with Gasteiger partial charge in [0.05, 0.1) is 5.92 Å². The van der Waals surface area contributed by atoms with E-state index >= 15 is 0 Å². The number of amides is 2. The van der Waals surface area contributed by atoms with Crippen molar-refractivity contribution in [1.82, 2.24) is 10.2 Å². The van der Waals surface area contributed by atoms with Gasteiger partial charge in [0.1, 0.15) is 0 Å². The number of aliphatic carboxylic acids is 1. The lowest BCUT2D eigenvalue weighted by Gasteiger charge is -2.37. The van der Waals surface area contributed by atoms with Crippen LogP contribution in [0.2, 0.25) is 0 Å². The third-order valence-corrected chi connectivity index (χ3v) is 5.07. The largest absolute Gasteiger partial charge is 0.481 e. The van der Waals surface area contributed by atoms with Crippen LogP contribution in [0.3, 0.4) is 0 Å². The summed E-state index contributed by atoms with van der Waals surface area (Å²) in [5.41, 5.74) is 0. The summed E-state index contributed by atoms with van der Waals surface area (Å²) in [6, 6.07) is 0.151. The van der Waals surface area contributed by atoms with Gasteiger partial charge in [-0.05, 0) is 31.1 Å². The number of carboxylic acids is 1. The van der Waals surface area contributed by atoms with Crippen molar-refractivity contribution in [3.63, 3.8) is 0 Å². The van der Waals surface area contributed by atoms with E-state index in [-0.39, 0.29) is 12.1 Å². The van der Waals surface area contributed by atoms with Gasteiger partial charge in [0, 0.05) is 19.1 Å². The molecular weight excluding hydrogens is 256 g/mol. The van der Waals surface area contributed by atoms with E-state index < -0.39 is 11.9 Å². The lowest BCUT2D eigenvalue weighted by molar-refractivity contribution is -0.143. The van der Waals surface area contributed by atoms with Crippen LogP contribution >= 0.6 is 0 Å². The average Bonchev–Trinajstić information content (AvgIpc) is 2.44. The molecule has 0 aromatic heterocycles. The number of hydrogen-bond acceptors (Lipinski definition) is 2. The van der Waals surface area contributed by atoms with Crippen LogP contribution in [0, 0.1) is 17.8 Å². The number of nitrogens with zero attached hydrogens (tertiary/aromatic N) is 1. The molecule has 4 atom stereocenters. The minimum absolute atomic E-state index is 0.0816. The van der Waals surface area contributed by atoms with Crippen molar-refractivity contribution in [2.24, 2.45) is 17.8 Å². The molecule has 20 heavy (non-hydrogen) atoms. The Balaban J connectivity index is 1.89. The fourth-order valence-corrected chi connectivity index (χ4v) is 3.40. The van der Waals surface area contributed by atoms with Crippen molar-refractivity contribution in [3.05, 3.63) is 0 Å². The molecule has 1 aliphatic heterocycles. The molecular formula is C15H26N2O3. The van der Waals surface area contributed by atoms with E-state index in [0.29, 0.717) is 31.3 Å². The maximum absolute atomic E-state index is 12.3. The maximum atomic E-state index is 12.3. The molecule has 0 radical (unpaired) electrons. The minimum atomic E-state index is -0.790. The summed E-state index contributed by atoms with van der Waals surface area (Å²) in [7, 11) is 0. The van der Waals surface area contributed by atoms with Crippen LogP contribution in [0.25, 0.3) is 0 Å².